The van der Waals surface area contributed by atoms with Crippen molar-refractivity contribution in [3.8, 4) is 0 Å². The van der Waals surface area contributed by atoms with E-state index in [2.05, 4.69) is 4.18 Å². The van der Waals surface area contributed by atoms with Crippen LogP contribution in [0.25, 0.3) is 0 Å². The van der Waals surface area contributed by atoms with Gasteiger partial charge in [0.2, 0.25) is 16.7 Å². The van der Waals surface area contributed by atoms with Crippen LogP contribution in [0, 0.1) is 0 Å². The second kappa shape index (κ2) is 14.8. The van der Waals surface area contributed by atoms with Gasteiger partial charge in [-0.1, -0.05) is 91.0 Å². The topological polar surface area (TPSA) is 103 Å². The average molecular weight is 535 g/mol. The van der Waals surface area contributed by atoms with Gasteiger partial charge < -0.3 is 23.5 Å². The first kappa shape index (κ1) is 29.5. The molecule has 0 aliphatic carbocycles. The van der Waals surface area contributed by atoms with Crippen molar-refractivity contribution in [2.24, 2.45) is 0 Å². The van der Waals surface area contributed by atoms with Gasteiger partial charge in [-0.05, 0) is 22.8 Å². The monoisotopic (exact) mass is 534 g/mol. The van der Waals surface area contributed by atoms with E-state index in [1.165, 1.54) is 0 Å². The number of hydrogen-bond acceptors (Lipinski definition) is 8. The first-order valence-electron chi connectivity index (χ1n) is 11.4. The molecule has 4 rings (SSSR count). The molecule has 0 saturated carbocycles. The molecule has 0 unspecified atom stereocenters. The van der Waals surface area contributed by atoms with Crippen LogP contribution in [0.1, 0.15) is 16.7 Å². The average Bonchev–Trinajstić information content (AvgIpc) is 2.90. The van der Waals surface area contributed by atoms with Gasteiger partial charge in [0.25, 0.3) is 0 Å². The molecule has 8 nitrogen and oxygen atoms in total. The smallest absolute Gasteiger partial charge is 0.726 e. The zero-order valence-electron chi connectivity index (χ0n) is 20.5. The maximum atomic E-state index is 11.0. The molecule has 0 aromatic heterocycles. The van der Waals surface area contributed by atoms with Crippen LogP contribution in [-0.2, 0) is 53.4 Å². The predicted octanol–water partition coefficient (Wildman–Crippen LogP) is 1.10. The molecule has 3 atom stereocenters. The zero-order valence-corrected chi connectivity index (χ0v) is 23.3. The van der Waals surface area contributed by atoms with E-state index in [0.29, 0.717) is 0 Å². The van der Waals surface area contributed by atoms with E-state index >= 15 is 0 Å². The van der Waals surface area contributed by atoms with E-state index < -0.39 is 35.5 Å². The van der Waals surface area contributed by atoms with Gasteiger partial charge >= 0.3 is 29.6 Å². The summed E-state index contributed by atoms with van der Waals surface area (Å²) < 4.78 is 61.9. The Hall–Kier alpha value is -2.05. The number of hydrogen-bond donors (Lipinski definition) is 0. The van der Waals surface area contributed by atoms with Crippen molar-refractivity contribution in [3.05, 3.63) is 120 Å². The fourth-order valence-corrected chi connectivity index (χ4v) is 3.89. The largest absolute Gasteiger partial charge is 1.00 e. The van der Waals surface area contributed by atoms with Gasteiger partial charge in [0.05, 0.1) is 19.8 Å². The molecule has 0 N–H and O–H groups in total. The number of benzene rings is 3. The van der Waals surface area contributed by atoms with E-state index in [9.17, 15) is 13.0 Å². The maximum Gasteiger partial charge on any atom is 1.00 e. The van der Waals surface area contributed by atoms with E-state index in [-0.39, 0.29) is 55.1 Å². The standard InChI is InChI=1S/C27H28O8S.Na/c28-36(29,30)34-20-24-16-25(31-17-21-10-4-1-5-11-21)26(32-18-22-12-6-2-7-13-22)27(35-24)33-19-23-14-8-3-9-15-23;/h1-16,25-27H,17-20H2,(H,28,29,30);/q;+1/p-1/t25-,26+,27+;/m0./s1. The number of rotatable bonds is 12. The molecule has 0 fully saturated rings. The minimum Gasteiger partial charge on any atom is -0.726 e. The quantitative estimate of drug-likeness (QED) is 0.193. The summed E-state index contributed by atoms with van der Waals surface area (Å²) in [5.74, 6) is 0.102. The van der Waals surface area contributed by atoms with Crippen LogP contribution in [0.15, 0.2) is 103 Å². The molecular weight excluding hydrogens is 507 g/mol. The van der Waals surface area contributed by atoms with Crippen LogP contribution >= 0.6 is 0 Å². The van der Waals surface area contributed by atoms with Crippen LogP contribution < -0.4 is 29.6 Å². The minimum atomic E-state index is -4.91. The zero-order chi connectivity index (χ0) is 25.2. The van der Waals surface area contributed by atoms with Crippen molar-refractivity contribution in [1.29, 1.82) is 0 Å². The molecule has 10 heteroatoms. The summed E-state index contributed by atoms with van der Waals surface area (Å²) in [5, 5.41) is 0. The summed E-state index contributed by atoms with van der Waals surface area (Å²) in [5.41, 5.74) is 2.82. The molecule has 37 heavy (non-hydrogen) atoms. The van der Waals surface area contributed by atoms with Gasteiger partial charge in [-0.3, -0.25) is 4.18 Å². The van der Waals surface area contributed by atoms with Gasteiger partial charge in [0, 0.05) is 0 Å². The van der Waals surface area contributed by atoms with Gasteiger partial charge in [-0.2, -0.15) is 0 Å². The van der Waals surface area contributed by atoms with Gasteiger partial charge in [0.1, 0.15) is 24.6 Å². The minimum absolute atomic E-state index is 0. The third kappa shape index (κ3) is 9.97. The Balaban J connectivity index is 0.00000380. The van der Waals surface area contributed by atoms with Crippen LogP contribution in [0.5, 0.6) is 0 Å². The molecule has 0 saturated heterocycles. The molecule has 0 bridgehead atoms. The third-order valence-corrected chi connectivity index (χ3v) is 5.79. The Kier molecular flexibility index (Phi) is 11.8. The summed E-state index contributed by atoms with van der Waals surface area (Å²) in [7, 11) is -4.91. The van der Waals surface area contributed by atoms with Crippen molar-refractivity contribution >= 4 is 10.4 Å². The fourth-order valence-electron chi connectivity index (χ4n) is 3.63. The Morgan fingerprint density at radius 2 is 1.14 bits per heavy atom. The second-order valence-electron chi connectivity index (χ2n) is 8.11. The second-order valence-corrected chi connectivity index (χ2v) is 9.16. The van der Waals surface area contributed by atoms with Crippen molar-refractivity contribution in [3.63, 3.8) is 0 Å². The van der Waals surface area contributed by atoms with E-state index in [0.717, 1.165) is 16.7 Å². The van der Waals surface area contributed by atoms with E-state index in [1.807, 2.05) is 91.0 Å². The molecule has 1 heterocycles. The van der Waals surface area contributed by atoms with Crippen molar-refractivity contribution in [2.45, 2.75) is 38.3 Å². The van der Waals surface area contributed by atoms with Gasteiger partial charge in [0.15, 0.2) is 0 Å². The number of ether oxygens (including phenoxy) is 4. The molecule has 0 amide bonds. The Morgan fingerprint density at radius 3 is 1.62 bits per heavy atom. The van der Waals surface area contributed by atoms with Gasteiger partial charge in [-0.25, -0.2) is 8.42 Å². The van der Waals surface area contributed by atoms with Crippen LogP contribution in [0.4, 0.5) is 0 Å². The molecule has 3 aromatic carbocycles. The van der Waals surface area contributed by atoms with Gasteiger partial charge in [-0.15, -0.1) is 0 Å². The van der Waals surface area contributed by atoms with Crippen molar-refractivity contribution in [1.82, 2.24) is 0 Å². The maximum absolute atomic E-state index is 11.0. The van der Waals surface area contributed by atoms with Crippen molar-refractivity contribution < 1.29 is 65.7 Å². The summed E-state index contributed by atoms with van der Waals surface area (Å²) >= 11 is 0. The molecule has 190 valence electrons. The Labute approximate surface area is 239 Å². The molecule has 3 aromatic rings. The SMILES string of the molecule is O=S(=O)([O-])OCC1=C[C@H](OCc2ccccc2)[C@@H](OCc2ccccc2)[C@H](OCc2ccccc2)O1.[Na+]. The van der Waals surface area contributed by atoms with Crippen LogP contribution in [0.3, 0.4) is 0 Å². The summed E-state index contributed by atoms with van der Waals surface area (Å²) in [6, 6.07) is 28.8. The molecule has 1 aliphatic rings. The molecule has 1 aliphatic heterocycles. The fraction of sp³-hybridized carbons (Fsp3) is 0.259. The van der Waals surface area contributed by atoms with E-state index in [1.54, 1.807) is 6.08 Å². The normalized spacial score (nSPS) is 19.4. The summed E-state index contributed by atoms with van der Waals surface area (Å²) in [6.45, 7) is 0.191. The van der Waals surface area contributed by atoms with Crippen molar-refractivity contribution in [2.75, 3.05) is 6.61 Å². The molecule has 0 radical (unpaired) electrons. The first-order chi connectivity index (χ1) is 17.5. The Bertz CT molecular complexity index is 1210. The predicted molar refractivity (Wildman–Crippen MR) is 130 cm³/mol. The summed E-state index contributed by atoms with van der Waals surface area (Å²) in [6.07, 6.45) is -0.749. The Morgan fingerprint density at radius 1 is 0.676 bits per heavy atom. The molecular formula is C27H27NaO8S. The van der Waals surface area contributed by atoms with Crippen LogP contribution in [0.2, 0.25) is 0 Å². The van der Waals surface area contributed by atoms with E-state index in [4.69, 9.17) is 18.9 Å². The summed E-state index contributed by atoms with van der Waals surface area (Å²) in [4.78, 5) is 0. The van der Waals surface area contributed by atoms with Crippen LogP contribution in [-0.4, -0.2) is 38.1 Å². The molecule has 0 spiro atoms. The third-order valence-electron chi connectivity index (χ3n) is 5.38. The first-order valence-corrected chi connectivity index (χ1v) is 12.7.